The predicted molar refractivity (Wildman–Crippen MR) is 103 cm³/mol. The number of hydrogen-bond donors (Lipinski definition) is 2. The van der Waals surface area contributed by atoms with Crippen LogP contribution in [0.1, 0.15) is 39.5 Å². The fourth-order valence-electron chi connectivity index (χ4n) is 3.33. The van der Waals surface area contributed by atoms with Crippen molar-refractivity contribution in [3.63, 3.8) is 0 Å². The van der Waals surface area contributed by atoms with E-state index in [1.165, 1.54) is 25.9 Å². The summed E-state index contributed by atoms with van der Waals surface area (Å²) in [5, 5.41) is 13.0. The van der Waals surface area contributed by atoms with Gasteiger partial charge in [-0.15, -0.1) is 24.0 Å². The second-order valence-electron chi connectivity index (χ2n) is 6.53. The first-order valence-electron chi connectivity index (χ1n) is 8.62. The number of guanidine groups is 1. The van der Waals surface area contributed by atoms with E-state index in [4.69, 9.17) is 4.99 Å². The van der Waals surface area contributed by atoms with E-state index in [2.05, 4.69) is 29.0 Å². The Morgan fingerprint density at radius 3 is 2.73 bits per heavy atom. The maximum atomic E-state index is 9.65. The standard InChI is InChI=1S/C16H32N4O.HI/c1-3-17-16(20-11-7-15(21)13-20)18-8-5-10-19-9-4-6-14(2)12-19;/h14-15,21H,3-13H2,1-2H3,(H,17,18);1H/t14?,15-;/m1./s1. The number of halogens is 1. The average molecular weight is 424 g/mol. The number of aliphatic imine (C=N–C) groups is 1. The van der Waals surface area contributed by atoms with E-state index in [0.717, 1.165) is 57.4 Å². The van der Waals surface area contributed by atoms with Gasteiger partial charge in [0.05, 0.1) is 6.10 Å². The number of hydrogen-bond acceptors (Lipinski definition) is 3. The molecule has 130 valence electrons. The largest absolute Gasteiger partial charge is 0.391 e. The molecule has 2 aliphatic rings. The molecule has 2 rings (SSSR count). The van der Waals surface area contributed by atoms with Gasteiger partial charge in [0, 0.05) is 32.7 Å². The molecule has 0 aromatic heterocycles. The van der Waals surface area contributed by atoms with Crippen molar-refractivity contribution < 1.29 is 5.11 Å². The van der Waals surface area contributed by atoms with Crippen LogP contribution in [0.4, 0.5) is 0 Å². The molecule has 0 amide bonds. The predicted octanol–water partition coefficient (Wildman–Crippen LogP) is 1.76. The third-order valence-electron chi connectivity index (χ3n) is 4.43. The van der Waals surface area contributed by atoms with Crippen LogP contribution in [0, 0.1) is 5.92 Å². The van der Waals surface area contributed by atoms with Crippen molar-refractivity contribution >= 4 is 29.9 Å². The average Bonchev–Trinajstić information content (AvgIpc) is 2.89. The van der Waals surface area contributed by atoms with E-state index in [-0.39, 0.29) is 30.1 Å². The van der Waals surface area contributed by atoms with Gasteiger partial charge >= 0.3 is 0 Å². The van der Waals surface area contributed by atoms with Crippen molar-refractivity contribution in [3.8, 4) is 0 Å². The van der Waals surface area contributed by atoms with E-state index in [1.807, 2.05) is 0 Å². The van der Waals surface area contributed by atoms with E-state index in [0.29, 0.717) is 0 Å². The maximum absolute atomic E-state index is 9.65. The van der Waals surface area contributed by atoms with Crippen LogP contribution in [0.3, 0.4) is 0 Å². The van der Waals surface area contributed by atoms with Crippen LogP contribution >= 0.6 is 24.0 Å². The summed E-state index contributed by atoms with van der Waals surface area (Å²) in [6.07, 6.45) is 4.52. The molecule has 5 nitrogen and oxygen atoms in total. The van der Waals surface area contributed by atoms with Gasteiger partial charge in [-0.2, -0.15) is 0 Å². The van der Waals surface area contributed by atoms with Crippen LogP contribution in [0.15, 0.2) is 4.99 Å². The van der Waals surface area contributed by atoms with Gasteiger partial charge in [-0.25, -0.2) is 0 Å². The van der Waals surface area contributed by atoms with Crippen molar-refractivity contribution in [3.05, 3.63) is 0 Å². The zero-order chi connectivity index (χ0) is 15.1. The van der Waals surface area contributed by atoms with E-state index in [1.54, 1.807) is 0 Å². The highest BCUT2D eigenvalue weighted by Crippen LogP contribution is 2.15. The van der Waals surface area contributed by atoms with Gasteiger partial charge < -0.3 is 20.2 Å². The zero-order valence-electron chi connectivity index (χ0n) is 14.1. The minimum atomic E-state index is -0.191. The van der Waals surface area contributed by atoms with Crippen molar-refractivity contribution in [2.75, 3.05) is 45.8 Å². The summed E-state index contributed by atoms with van der Waals surface area (Å²) in [4.78, 5) is 9.48. The Bertz CT molecular complexity index is 340. The third-order valence-corrected chi connectivity index (χ3v) is 4.43. The highest BCUT2D eigenvalue weighted by atomic mass is 127. The summed E-state index contributed by atoms with van der Waals surface area (Å²) in [7, 11) is 0. The molecule has 1 unspecified atom stereocenters. The molecular formula is C16H33IN4O. The molecule has 2 atom stereocenters. The lowest BCUT2D eigenvalue weighted by atomic mass is 10.0. The summed E-state index contributed by atoms with van der Waals surface area (Å²) < 4.78 is 0. The minimum absolute atomic E-state index is 0. The van der Waals surface area contributed by atoms with E-state index >= 15 is 0 Å². The van der Waals surface area contributed by atoms with Crippen molar-refractivity contribution in [2.45, 2.75) is 45.6 Å². The number of aliphatic hydroxyl groups excluding tert-OH is 1. The third kappa shape index (κ3) is 6.58. The fraction of sp³-hybridized carbons (Fsp3) is 0.938. The van der Waals surface area contributed by atoms with Crippen LogP contribution in [-0.2, 0) is 0 Å². The summed E-state index contributed by atoms with van der Waals surface area (Å²) in [5.74, 6) is 1.83. The monoisotopic (exact) mass is 424 g/mol. The fourth-order valence-corrected chi connectivity index (χ4v) is 3.33. The van der Waals surface area contributed by atoms with Crippen LogP contribution in [-0.4, -0.2) is 72.8 Å². The van der Waals surface area contributed by atoms with Gasteiger partial charge in [-0.05, 0) is 51.6 Å². The first-order valence-corrected chi connectivity index (χ1v) is 8.62. The number of nitrogens with zero attached hydrogens (tertiary/aromatic N) is 3. The quantitative estimate of drug-likeness (QED) is 0.306. The second kappa shape index (κ2) is 10.6. The smallest absolute Gasteiger partial charge is 0.194 e. The Hall–Kier alpha value is -0.0800. The first-order chi connectivity index (χ1) is 10.2. The Labute approximate surface area is 152 Å². The molecular weight excluding hydrogens is 391 g/mol. The van der Waals surface area contributed by atoms with Crippen LogP contribution in [0.25, 0.3) is 0 Å². The lowest BCUT2D eigenvalue weighted by Crippen LogP contribution is -2.40. The molecule has 0 saturated carbocycles. The molecule has 0 aliphatic carbocycles. The zero-order valence-corrected chi connectivity index (χ0v) is 16.5. The molecule has 2 fully saturated rings. The number of β-amino-alcohol motifs (C(OH)–C–C–N with tert-alkyl or cyclic N) is 1. The van der Waals surface area contributed by atoms with Gasteiger partial charge in [0.1, 0.15) is 0 Å². The van der Waals surface area contributed by atoms with Gasteiger partial charge in [0.15, 0.2) is 5.96 Å². The molecule has 2 heterocycles. The number of rotatable bonds is 5. The maximum Gasteiger partial charge on any atom is 0.194 e. The Morgan fingerprint density at radius 2 is 2.09 bits per heavy atom. The normalized spacial score (nSPS) is 26.9. The molecule has 2 saturated heterocycles. The molecule has 22 heavy (non-hydrogen) atoms. The number of likely N-dealkylation sites (tertiary alicyclic amines) is 2. The molecule has 0 aromatic rings. The Morgan fingerprint density at radius 1 is 1.27 bits per heavy atom. The van der Waals surface area contributed by atoms with E-state index < -0.39 is 0 Å². The molecule has 6 heteroatoms. The van der Waals surface area contributed by atoms with Crippen molar-refractivity contribution in [1.82, 2.24) is 15.1 Å². The first kappa shape index (κ1) is 20.0. The summed E-state index contributed by atoms with van der Waals surface area (Å²) >= 11 is 0. The van der Waals surface area contributed by atoms with Gasteiger partial charge in [0.25, 0.3) is 0 Å². The SMILES string of the molecule is CCNC(=NCCCN1CCCC(C)C1)N1CC[C@@H](O)C1.I. The van der Waals surface area contributed by atoms with Crippen molar-refractivity contribution in [2.24, 2.45) is 10.9 Å². The summed E-state index contributed by atoms with van der Waals surface area (Å²) in [6, 6.07) is 0. The van der Waals surface area contributed by atoms with Crippen molar-refractivity contribution in [1.29, 1.82) is 0 Å². The van der Waals surface area contributed by atoms with Crippen LogP contribution in [0.5, 0.6) is 0 Å². The molecule has 0 aromatic carbocycles. The summed E-state index contributed by atoms with van der Waals surface area (Å²) in [6.45, 7) is 11.5. The topological polar surface area (TPSA) is 51.1 Å². The summed E-state index contributed by atoms with van der Waals surface area (Å²) in [5.41, 5.74) is 0. The minimum Gasteiger partial charge on any atom is -0.391 e. The molecule has 0 bridgehead atoms. The lowest BCUT2D eigenvalue weighted by molar-refractivity contribution is 0.183. The highest BCUT2D eigenvalue weighted by molar-refractivity contribution is 14.0. The number of piperidine rings is 1. The van der Waals surface area contributed by atoms with E-state index in [9.17, 15) is 5.11 Å². The highest BCUT2D eigenvalue weighted by Gasteiger charge is 2.22. The molecule has 0 radical (unpaired) electrons. The Balaban J connectivity index is 0.00000242. The second-order valence-corrected chi connectivity index (χ2v) is 6.53. The van der Waals surface area contributed by atoms with Gasteiger partial charge in [-0.1, -0.05) is 6.92 Å². The molecule has 2 N–H and O–H groups in total. The molecule has 0 spiro atoms. The van der Waals surface area contributed by atoms with Crippen LogP contribution in [0.2, 0.25) is 0 Å². The number of nitrogens with one attached hydrogen (secondary N) is 1. The molecule has 2 aliphatic heterocycles. The van der Waals surface area contributed by atoms with Gasteiger partial charge in [0.2, 0.25) is 0 Å². The van der Waals surface area contributed by atoms with Crippen LogP contribution < -0.4 is 5.32 Å². The number of aliphatic hydroxyl groups is 1. The lowest BCUT2D eigenvalue weighted by Gasteiger charge is -2.30. The van der Waals surface area contributed by atoms with Gasteiger partial charge in [-0.3, -0.25) is 4.99 Å². The Kier molecular flexibility index (Phi) is 9.66.